The van der Waals surface area contributed by atoms with Crippen LogP contribution in [0.1, 0.15) is 6.92 Å². The predicted octanol–water partition coefficient (Wildman–Crippen LogP) is 0.538. The molecule has 0 aliphatic carbocycles. The van der Waals surface area contributed by atoms with Crippen LogP contribution in [0.15, 0.2) is 16.8 Å². The van der Waals surface area contributed by atoms with Crippen molar-refractivity contribution >= 4 is 5.84 Å². The van der Waals surface area contributed by atoms with Crippen molar-refractivity contribution in [3.63, 3.8) is 0 Å². The minimum absolute atomic E-state index is 0.735. The molecule has 0 spiro atoms. The number of allylic oxidation sites excluding steroid dienone is 1. The van der Waals surface area contributed by atoms with Crippen molar-refractivity contribution in [1.29, 1.82) is 0 Å². The molecule has 0 aromatic carbocycles. The molecule has 1 fully saturated rings. The molecule has 0 unspecified atom stereocenters. The fourth-order valence-electron chi connectivity index (χ4n) is 0.895. The zero-order chi connectivity index (χ0) is 7.40. The third-order valence-corrected chi connectivity index (χ3v) is 1.37. The first-order valence-corrected chi connectivity index (χ1v) is 3.38. The average molecular weight is 140 g/mol. The highest BCUT2D eigenvalue weighted by atomic mass is 16.5. The van der Waals surface area contributed by atoms with Crippen LogP contribution < -0.4 is 5.32 Å². The SMILES string of the molecule is C/C=C1/OCCNC1=NC. The van der Waals surface area contributed by atoms with Crippen LogP contribution in [0.5, 0.6) is 0 Å². The number of rotatable bonds is 0. The second kappa shape index (κ2) is 3.25. The van der Waals surface area contributed by atoms with Crippen LogP contribution in [0.4, 0.5) is 0 Å². The van der Waals surface area contributed by atoms with Gasteiger partial charge >= 0.3 is 0 Å². The molecule has 1 rings (SSSR count). The molecule has 0 amide bonds. The van der Waals surface area contributed by atoms with Gasteiger partial charge in [-0.05, 0) is 13.0 Å². The van der Waals surface area contributed by atoms with Crippen LogP contribution >= 0.6 is 0 Å². The van der Waals surface area contributed by atoms with E-state index in [-0.39, 0.29) is 0 Å². The van der Waals surface area contributed by atoms with Crippen LogP contribution in [-0.4, -0.2) is 26.0 Å². The van der Waals surface area contributed by atoms with E-state index in [0.29, 0.717) is 0 Å². The summed E-state index contributed by atoms with van der Waals surface area (Å²) >= 11 is 0. The number of ether oxygens (including phenoxy) is 1. The number of morpholine rings is 1. The molecule has 0 saturated carbocycles. The fraction of sp³-hybridized carbons (Fsp3) is 0.571. The molecular formula is C7H12N2O. The van der Waals surface area contributed by atoms with Crippen molar-refractivity contribution in [2.24, 2.45) is 4.99 Å². The lowest BCUT2D eigenvalue weighted by Gasteiger charge is -2.19. The normalized spacial score (nSPS) is 26.2. The maximum Gasteiger partial charge on any atom is 0.163 e. The van der Waals surface area contributed by atoms with E-state index in [1.54, 1.807) is 7.05 Å². The second-order valence-electron chi connectivity index (χ2n) is 2.00. The van der Waals surface area contributed by atoms with Crippen LogP contribution in [0.25, 0.3) is 0 Å². The molecule has 1 aliphatic rings. The highest BCUT2D eigenvalue weighted by Crippen LogP contribution is 2.02. The molecule has 0 aromatic rings. The van der Waals surface area contributed by atoms with Crippen LogP contribution in [0.2, 0.25) is 0 Å². The van der Waals surface area contributed by atoms with Crippen LogP contribution in [-0.2, 0) is 4.74 Å². The smallest absolute Gasteiger partial charge is 0.163 e. The third-order valence-electron chi connectivity index (χ3n) is 1.37. The Bertz CT molecular complexity index is 152. The largest absolute Gasteiger partial charge is 0.488 e. The van der Waals surface area contributed by atoms with E-state index in [0.717, 1.165) is 24.7 Å². The Morgan fingerprint density at radius 3 is 3.00 bits per heavy atom. The Morgan fingerprint density at radius 2 is 2.50 bits per heavy atom. The quantitative estimate of drug-likeness (QED) is 0.532. The summed E-state index contributed by atoms with van der Waals surface area (Å²) in [6, 6.07) is 0. The molecule has 0 radical (unpaired) electrons. The molecule has 3 nitrogen and oxygen atoms in total. The van der Waals surface area contributed by atoms with E-state index in [1.807, 2.05) is 13.0 Å². The molecule has 0 bridgehead atoms. The number of nitrogens with zero attached hydrogens (tertiary/aromatic N) is 1. The molecule has 56 valence electrons. The maximum absolute atomic E-state index is 5.30. The molecule has 1 aliphatic heterocycles. The zero-order valence-corrected chi connectivity index (χ0v) is 6.35. The lowest BCUT2D eigenvalue weighted by atomic mass is 10.3. The summed E-state index contributed by atoms with van der Waals surface area (Å²) in [5, 5.41) is 3.13. The van der Waals surface area contributed by atoms with E-state index in [2.05, 4.69) is 10.3 Å². The monoisotopic (exact) mass is 140 g/mol. The maximum atomic E-state index is 5.30. The van der Waals surface area contributed by atoms with Crippen molar-refractivity contribution in [2.75, 3.05) is 20.2 Å². The van der Waals surface area contributed by atoms with Gasteiger partial charge in [0, 0.05) is 7.05 Å². The summed E-state index contributed by atoms with van der Waals surface area (Å²) in [6.07, 6.45) is 1.91. The first-order chi connectivity index (χ1) is 4.88. The van der Waals surface area contributed by atoms with Crippen molar-refractivity contribution in [3.8, 4) is 0 Å². The fourth-order valence-corrected chi connectivity index (χ4v) is 0.895. The summed E-state index contributed by atoms with van der Waals surface area (Å²) in [5.74, 6) is 1.71. The number of hydrogen-bond acceptors (Lipinski definition) is 2. The second-order valence-corrected chi connectivity index (χ2v) is 2.00. The van der Waals surface area contributed by atoms with Gasteiger partial charge in [-0.15, -0.1) is 0 Å². The lowest BCUT2D eigenvalue weighted by molar-refractivity contribution is 0.219. The standard InChI is InChI=1S/C7H12N2O/c1-3-6-7(8-2)9-4-5-10-6/h3H,4-5H2,1-2H3,(H,8,9)/b6-3+. The van der Waals surface area contributed by atoms with Crippen LogP contribution in [0.3, 0.4) is 0 Å². The Kier molecular flexibility index (Phi) is 2.31. The van der Waals surface area contributed by atoms with Gasteiger partial charge < -0.3 is 10.1 Å². The van der Waals surface area contributed by atoms with Crippen LogP contribution in [0, 0.1) is 0 Å². The molecule has 1 N–H and O–H groups in total. The highest BCUT2D eigenvalue weighted by Gasteiger charge is 2.10. The lowest BCUT2D eigenvalue weighted by Crippen LogP contribution is -2.35. The Hall–Kier alpha value is -0.990. The predicted molar refractivity (Wildman–Crippen MR) is 41.1 cm³/mol. The van der Waals surface area contributed by atoms with Gasteiger partial charge in [-0.3, -0.25) is 4.99 Å². The first kappa shape index (κ1) is 7.12. The number of aliphatic imine (C=N–C) groups is 1. The van der Waals surface area contributed by atoms with Gasteiger partial charge in [-0.25, -0.2) is 0 Å². The van der Waals surface area contributed by atoms with Gasteiger partial charge in [-0.1, -0.05) is 0 Å². The summed E-state index contributed by atoms with van der Waals surface area (Å²) in [5.41, 5.74) is 0. The molecule has 1 saturated heterocycles. The molecule has 10 heavy (non-hydrogen) atoms. The minimum Gasteiger partial charge on any atom is -0.488 e. The Morgan fingerprint density at radius 1 is 1.70 bits per heavy atom. The van der Waals surface area contributed by atoms with Crippen molar-refractivity contribution < 1.29 is 4.74 Å². The first-order valence-electron chi connectivity index (χ1n) is 3.38. The number of nitrogens with one attached hydrogen (secondary N) is 1. The summed E-state index contributed by atoms with van der Waals surface area (Å²) in [7, 11) is 1.75. The number of amidine groups is 1. The Balaban J connectivity index is 2.69. The van der Waals surface area contributed by atoms with E-state index in [9.17, 15) is 0 Å². The molecule has 0 aromatic heterocycles. The van der Waals surface area contributed by atoms with E-state index in [1.165, 1.54) is 0 Å². The number of hydrogen-bond donors (Lipinski definition) is 1. The van der Waals surface area contributed by atoms with E-state index in [4.69, 9.17) is 4.74 Å². The van der Waals surface area contributed by atoms with Crippen molar-refractivity contribution in [3.05, 3.63) is 11.8 Å². The van der Waals surface area contributed by atoms with E-state index < -0.39 is 0 Å². The average Bonchev–Trinajstić information content (AvgIpc) is 2.04. The summed E-state index contributed by atoms with van der Waals surface area (Å²) < 4.78 is 5.30. The Labute approximate surface area is 60.8 Å². The molecule has 3 heteroatoms. The van der Waals surface area contributed by atoms with Gasteiger partial charge in [0.15, 0.2) is 11.6 Å². The topological polar surface area (TPSA) is 33.6 Å². The summed E-state index contributed by atoms with van der Waals surface area (Å²) in [6.45, 7) is 3.52. The van der Waals surface area contributed by atoms with Gasteiger partial charge in [0.2, 0.25) is 0 Å². The highest BCUT2D eigenvalue weighted by molar-refractivity contribution is 5.96. The van der Waals surface area contributed by atoms with Gasteiger partial charge in [0.05, 0.1) is 6.54 Å². The third kappa shape index (κ3) is 1.29. The van der Waals surface area contributed by atoms with Gasteiger partial charge in [0.1, 0.15) is 6.61 Å². The van der Waals surface area contributed by atoms with Crippen molar-refractivity contribution in [2.45, 2.75) is 6.92 Å². The van der Waals surface area contributed by atoms with Crippen molar-refractivity contribution in [1.82, 2.24) is 5.32 Å². The zero-order valence-electron chi connectivity index (χ0n) is 6.35. The minimum atomic E-state index is 0.735. The van der Waals surface area contributed by atoms with Gasteiger partial charge in [-0.2, -0.15) is 0 Å². The molecular weight excluding hydrogens is 128 g/mol. The van der Waals surface area contributed by atoms with Gasteiger partial charge in [0.25, 0.3) is 0 Å². The molecule has 1 heterocycles. The van der Waals surface area contributed by atoms with E-state index >= 15 is 0 Å². The molecule has 0 atom stereocenters. The summed E-state index contributed by atoms with van der Waals surface area (Å²) in [4.78, 5) is 4.01.